The summed E-state index contributed by atoms with van der Waals surface area (Å²) in [5, 5.41) is 12.9. The highest BCUT2D eigenvalue weighted by atomic mass is 16.3. The number of hydrogen-bond donors (Lipinski definition) is 5. The summed E-state index contributed by atoms with van der Waals surface area (Å²) >= 11 is 0. The fourth-order valence-corrected chi connectivity index (χ4v) is 3.57. The molecule has 2 atom stereocenters. The Morgan fingerprint density at radius 1 is 1.03 bits per heavy atom. The van der Waals surface area contributed by atoms with Crippen LogP contribution in [0.2, 0.25) is 0 Å². The molecule has 29 heavy (non-hydrogen) atoms. The molecule has 1 heterocycles. The van der Waals surface area contributed by atoms with Gasteiger partial charge in [-0.25, -0.2) is 0 Å². The number of amides is 2. The highest BCUT2D eigenvalue weighted by molar-refractivity contribution is 5.94. The first-order valence-electron chi connectivity index (χ1n) is 10.2. The second kappa shape index (κ2) is 9.19. The molecule has 9 heteroatoms. The SMILES string of the molecule is NCNC(N)CCC(N)c1ccc(C(=O)N2CCN(C(=O)C3(O)CC3)CC2)cc1. The number of hydrogen-bond acceptors (Lipinski definition) is 7. The first-order valence-corrected chi connectivity index (χ1v) is 10.2. The van der Waals surface area contributed by atoms with Crippen LogP contribution in [-0.4, -0.2) is 71.3 Å². The Labute approximate surface area is 171 Å². The molecule has 2 amide bonds. The number of aliphatic hydroxyl groups is 1. The second-order valence-electron chi connectivity index (χ2n) is 7.94. The zero-order chi connectivity index (χ0) is 21.0. The Kier molecular flexibility index (Phi) is 6.86. The minimum atomic E-state index is -1.15. The molecule has 2 unspecified atom stereocenters. The van der Waals surface area contributed by atoms with Gasteiger partial charge in [0.25, 0.3) is 11.8 Å². The van der Waals surface area contributed by atoms with Crippen LogP contribution in [0.4, 0.5) is 0 Å². The van der Waals surface area contributed by atoms with E-state index in [9.17, 15) is 14.7 Å². The Morgan fingerprint density at radius 2 is 1.62 bits per heavy atom. The predicted molar refractivity (Wildman–Crippen MR) is 109 cm³/mol. The normalized spacial score (nSPS) is 20.3. The van der Waals surface area contributed by atoms with Crippen LogP contribution in [0.5, 0.6) is 0 Å². The summed E-state index contributed by atoms with van der Waals surface area (Å²) in [4.78, 5) is 28.4. The van der Waals surface area contributed by atoms with Gasteiger partial charge in [-0.1, -0.05) is 12.1 Å². The van der Waals surface area contributed by atoms with E-state index in [-0.39, 0.29) is 24.0 Å². The molecule has 0 spiro atoms. The van der Waals surface area contributed by atoms with E-state index in [4.69, 9.17) is 17.2 Å². The monoisotopic (exact) mass is 404 g/mol. The molecule has 1 saturated carbocycles. The van der Waals surface area contributed by atoms with Crippen LogP contribution >= 0.6 is 0 Å². The summed E-state index contributed by atoms with van der Waals surface area (Å²) in [7, 11) is 0. The van der Waals surface area contributed by atoms with Crippen molar-refractivity contribution in [1.82, 2.24) is 15.1 Å². The lowest BCUT2D eigenvalue weighted by Gasteiger charge is -2.35. The Morgan fingerprint density at radius 3 is 2.17 bits per heavy atom. The molecule has 0 bridgehead atoms. The van der Waals surface area contributed by atoms with E-state index in [1.165, 1.54) is 0 Å². The molecule has 1 aliphatic carbocycles. The van der Waals surface area contributed by atoms with Crippen molar-refractivity contribution in [2.24, 2.45) is 17.2 Å². The quantitative estimate of drug-likeness (QED) is 0.351. The third kappa shape index (κ3) is 5.31. The van der Waals surface area contributed by atoms with E-state index >= 15 is 0 Å². The topological polar surface area (TPSA) is 151 Å². The lowest BCUT2D eigenvalue weighted by Crippen LogP contribution is -2.53. The second-order valence-corrected chi connectivity index (χ2v) is 7.94. The summed E-state index contributed by atoms with van der Waals surface area (Å²) in [6, 6.07) is 7.18. The van der Waals surface area contributed by atoms with Crippen molar-refractivity contribution in [3.63, 3.8) is 0 Å². The molecule has 0 aromatic heterocycles. The van der Waals surface area contributed by atoms with Crippen LogP contribution in [-0.2, 0) is 4.79 Å². The van der Waals surface area contributed by atoms with Crippen molar-refractivity contribution >= 4 is 11.8 Å². The number of piperazine rings is 1. The van der Waals surface area contributed by atoms with Gasteiger partial charge >= 0.3 is 0 Å². The highest BCUT2D eigenvalue weighted by Gasteiger charge is 2.50. The average Bonchev–Trinajstić information content (AvgIpc) is 3.50. The van der Waals surface area contributed by atoms with E-state index < -0.39 is 5.60 Å². The molecular weight excluding hydrogens is 372 g/mol. The molecule has 1 aromatic rings. The number of carbonyl (C=O) groups is 2. The van der Waals surface area contributed by atoms with Crippen LogP contribution in [0.3, 0.4) is 0 Å². The van der Waals surface area contributed by atoms with Gasteiger partial charge in [0.05, 0.1) is 6.17 Å². The molecular formula is C20H32N6O3. The molecule has 8 N–H and O–H groups in total. The molecule has 2 aliphatic rings. The van der Waals surface area contributed by atoms with Crippen LogP contribution in [0.25, 0.3) is 0 Å². The van der Waals surface area contributed by atoms with Crippen LogP contribution in [0, 0.1) is 0 Å². The smallest absolute Gasteiger partial charge is 0.254 e. The van der Waals surface area contributed by atoms with Gasteiger partial charge in [-0.15, -0.1) is 0 Å². The zero-order valence-corrected chi connectivity index (χ0v) is 16.7. The summed E-state index contributed by atoms with van der Waals surface area (Å²) in [5.41, 5.74) is 17.9. The molecule has 1 aliphatic heterocycles. The number of carbonyl (C=O) groups excluding carboxylic acids is 2. The van der Waals surface area contributed by atoms with Gasteiger partial charge in [-0.2, -0.15) is 0 Å². The highest BCUT2D eigenvalue weighted by Crippen LogP contribution is 2.37. The van der Waals surface area contributed by atoms with Crippen molar-refractivity contribution < 1.29 is 14.7 Å². The number of nitrogens with one attached hydrogen (secondary N) is 1. The summed E-state index contributed by atoms with van der Waals surface area (Å²) < 4.78 is 0. The Balaban J connectivity index is 1.49. The van der Waals surface area contributed by atoms with Crippen molar-refractivity contribution in [2.45, 2.75) is 43.5 Å². The summed E-state index contributed by atoms with van der Waals surface area (Å²) in [6.07, 6.45) is 2.31. The zero-order valence-electron chi connectivity index (χ0n) is 16.7. The lowest BCUT2D eigenvalue weighted by molar-refractivity contribution is -0.143. The van der Waals surface area contributed by atoms with E-state index in [2.05, 4.69) is 5.32 Å². The molecule has 3 rings (SSSR count). The standard InChI is InChI=1S/C20H32N6O3/c21-13-24-17(23)6-5-16(22)14-1-3-15(4-2-14)18(27)25-9-11-26(12-10-25)19(28)20(29)7-8-20/h1-4,16-17,24,29H,5-13,21-23H2. The van der Waals surface area contributed by atoms with Gasteiger partial charge in [0, 0.05) is 44.5 Å². The molecule has 0 radical (unpaired) electrons. The number of rotatable bonds is 8. The minimum Gasteiger partial charge on any atom is -0.380 e. The van der Waals surface area contributed by atoms with E-state index in [0.717, 1.165) is 5.56 Å². The Bertz CT molecular complexity index is 713. The van der Waals surface area contributed by atoms with Crippen LogP contribution < -0.4 is 22.5 Å². The maximum absolute atomic E-state index is 12.8. The van der Waals surface area contributed by atoms with Crippen molar-refractivity contribution in [3.05, 3.63) is 35.4 Å². The van der Waals surface area contributed by atoms with Gasteiger partial charge in [-0.3, -0.25) is 14.9 Å². The maximum atomic E-state index is 12.8. The number of benzene rings is 1. The first-order chi connectivity index (χ1) is 13.8. The van der Waals surface area contributed by atoms with Gasteiger partial charge in [-0.05, 0) is 43.4 Å². The summed E-state index contributed by atoms with van der Waals surface area (Å²) in [5.74, 6) is -0.263. The fourth-order valence-electron chi connectivity index (χ4n) is 3.57. The third-order valence-corrected chi connectivity index (χ3v) is 5.73. The molecule has 2 fully saturated rings. The minimum absolute atomic E-state index is 0.0588. The molecule has 160 valence electrons. The van der Waals surface area contributed by atoms with Gasteiger partial charge < -0.3 is 32.1 Å². The maximum Gasteiger partial charge on any atom is 0.254 e. The molecule has 9 nitrogen and oxygen atoms in total. The third-order valence-electron chi connectivity index (χ3n) is 5.73. The van der Waals surface area contributed by atoms with Crippen LogP contribution in [0.15, 0.2) is 24.3 Å². The largest absolute Gasteiger partial charge is 0.380 e. The van der Waals surface area contributed by atoms with Gasteiger partial charge in [0.15, 0.2) is 0 Å². The van der Waals surface area contributed by atoms with Crippen LogP contribution in [0.1, 0.15) is 47.6 Å². The van der Waals surface area contributed by atoms with Gasteiger partial charge in [0.2, 0.25) is 0 Å². The predicted octanol–water partition coefficient (Wildman–Crippen LogP) is -0.933. The van der Waals surface area contributed by atoms with E-state index in [0.29, 0.717) is 64.1 Å². The first kappa shape index (κ1) is 21.7. The molecule has 1 saturated heterocycles. The van der Waals surface area contributed by atoms with Crippen molar-refractivity contribution in [1.29, 1.82) is 0 Å². The van der Waals surface area contributed by atoms with E-state index in [1.807, 2.05) is 12.1 Å². The average molecular weight is 405 g/mol. The van der Waals surface area contributed by atoms with Gasteiger partial charge in [0.1, 0.15) is 5.60 Å². The summed E-state index contributed by atoms with van der Waals surface area (Å²) in [6.45, 7) is 2.16. The van der Waals surface area contributed by atoms with Crippen molar-refractivity contribution in [3.8, 4) is 0 Å². The fraction of sp³-hybridized carbons (Fsp3) is 0.600. The van der Waals surface area contributed by atoms with Crippen molar-refractivity contribution in [2.75, 3.05) is 32.8 Å². The molecule has 1 aromatic carbocycles. The number of nitrogens with two attached hydrogens (primary N) is 3. The van der Waals surface area contributed by atoms with E-state index in [1.54, 1.807) is 21.9 Å². The Hall–Kier alpha value is -2.04. The lowest BCUT2D eigenvalue weighted by atomic mass is 10.0. The number of nitrogens with zero attached hydrogens (tertiary/aromatic N) is 2.